The molecule has 23 heavy (non-hydrogen) atoms. The average Bonchev–Trinajstić information content (AvgIpc) is 2.82. The number of halogens is 3. The number of nitrogens with two attached hydrogens (primary N) is 1. The molecular formula is C15H18F3N3O2. The van der Waals surface area contributed by atoms with E-state index in [9.17, 15) is 22.8 Å². The molecule has 1 aromatic rings. The summed E-state index contributed by atoms with van der Waals surface area (Å²) in [6, 6.07) is 3.96. The standard InChI is InChI=1S/C15H18F3N3O2/c1-9-5-12(19)8-21(9)13(22)7-20-14(23)10-3-2-4-11(6-10)15(16,17)18/h2-4,6,9,12H,5,7-8,19H2,1H3,(H,20,23)/t9-,12+/m1/s1. The van der Waals surface area contributed by atoms with Crippen molar-refractivity contribution in [1.82, 2.24) is 10.2 Å². The summed E-state index contributed by atoms with van der Waals surface area (Å²) in [7, 11) is 0. The van der Waals surface area contributed by atoms with Gasteiger partial charge in [-0.05, 0) is 31.5 Å². The Bertz CT molecular complexity index is 604. The highest BCUT2D eigenvalue weighted by atomic mass is 19.4. The quantitative estimate of drug-likeness (QED) is 0.880. The van der Waals surface area contributed by atoms with Crippen LogP contribution in [0.3, 0.4) is 0 Å². The topological polar surface area (TPSA) is 75.4 Å². The van der Waals surface area contributed by atoms with Gasteiger partial charge in [0.15, 0.2) is 0 Å². The predicted molar refractivity (Wildman–Crippen MR) is 77.5 cm³/mol. The maximum absolute atomic E-state index is 12.6. The molecule has 0 aromatic heterocycles. The minimum atomic E-state index is -4.52. The molecule has 0 aliphatic carbocycles. The molecule has 1 fully saturated rings. The van der Waals surface area contributed by atoms with Crippen LogP contribution in [-0.2, 0) is 11.0 Å². The van der Waals surface area contributed by atoms with E-state index in [4.69, 9.17) is 5.73 Å². The van der Waals surface area contributed by atoms with Crippen LogP contribution in [0, 0.1) is 0 Å². The molecule has 0 spiro atoms. The maximum Gasteiger partial charge on any atom is 0.416 e. The van der Waals surface area contributed by atoms with E-state index < -0.39 is 17.6 Å². The third kappa shape index (κ3) is 4.22. The van der Waals surface area contributed by atoms with E-state index in [0.717, 1.165) is 18.2 Å². The van der Waals surface area contributed by atoms with E-state index in [2.05, 4.69) is 5.32 Å². The molecule has 0 unspecified atom stereocenters. The molecular weight excluding hydrogens is 311 g/mol. The normalized spacial score (nSPS) is 21.3. The molecule has 2 rings (SSSR count). The Morgan fingerprint density at radius 2 is 2.09 bits per heavy atom. The molecule has 126 valence electrons. The Kier molecular flexibility index (Phi) is 4.93. The number of amides is 2. The first-order valence-corrected chi connectivity index (χ1v) is 7.19. The first-order valence-electron chi connectivity index (χ1n) is 7.19. The Morgan fingerprint density at radius 3 is 2.65 bits per heavy atom. The predicted octanol–water partition coefficient (Wildman–Crippen LogP) is 1.38. The van der Waals surface area contributed by atoms with Crippen LogP contribution >= 0.6 is 0 Å². The average molecular weight is 329 g/mol. The molecule has 2 atom stereocenters. The van der Waals surface area contributed by atoms with Gasteiger partial charge in [0, 0.05) is 24.2 Å². The highest BCUT2D eigenvalue weighted by molar-refractivity contribution is 5.96. The highest BCUT2D eigenvalue weighted by Crippen LogP contribution is 2.29. The fraction of sp³-hybridized carbons (Fsp3) is 0.467. The summed E-state index contributed by atoms with van der Waals surface area (Å²) < 4.78 is 37.9. The van der Waals surface area contributed by atoms with Crippen molar-refractivity contribution in [2.24, 2.45) is 5.73 Å². The number of carbonyl (C=O) groups is 2. The molecule has 1 heterocycles. The fourth-order valence-corrected chi connectivity index (χ4v) is 2.62. The van der Waals surface area contributed by atoms with E-state index in [-0.39, 0.29) is 30.1 Å². The second-order valence-electron chi connectivity index (χ2n) is 5.65. The van der Waals surface area contributed by atoms with E-state index in [1.165, 1.54) is 6.07 Å². The van der Waals surface area contributed by atoms with E-state index in [1.54, 1.807) is 4.90 Å². The van der Waals surface area contributed by atoms with Gasteiger partial charge >= 0.3 is 6.18 Å². The number of benzene rings is 1. The Balaban J connectivity index is 1.96. The van der Waals surface area contributed by atoms with Crippen LogP contribution in [0.5, 0.6) is 0 Å². The number of rotatable bonds is 3. The zero-order valence-electron chi connectivity index (χ0n) is 12.6. The first kappa shape index (κ1) is 17.3. The molecule has 0 saturated carbocycles. The van der Waals surface area contributed by atoms with E-state index in [0.29, 0.717) is 13.0 Å². The summed E-state index contributed by atoms with van der Waals surface area (Å²) in [5.41, 5.74) is 4.72. The van der Waals surface area contributed by atoms with Crippen molar-refractivity contribution in [1.29, 1.82) is 0 Å². The smallest absolute Gasteiger partial charge is 0.343 e. The zero-order valence-corrected chi connectivity index (χ0v) is 12.6. The molecule has 0 radical (unpaired) electrons. The molecule has 2 amide bonds. The Hall–Kier alpha value is -2.09. The van der Waals surface area contributed by atoms with Gasteiger partial charge in [0.2, 0.25) is 5.91 Å². The van der Waals surface area contributed by atoms with Crippen molar-refractivity contribution >= 4 is 11.8 Å². The number of carbonyl (C=O) groups excluding carboxylic acids is 2. The molecule has 5 nitrogen and oxygen atoms in total. The molecule has 0 bridgehead atoms. The van der Waals surface area contributed by atoms with Crippen molar-refractivity contribution in [2.45, 2.75) is 31.6 Å². The zero-order chi connectivity index (χ0) is 17.2. The number of likely N-dealkylation sites (tertiary alicyclic amines) is 1. The fourth-order valence-electron chi connectivity index (χ4n) is 2.62. The molecule has 3 N–H and O–H groups in total. The second-order valence-corrected chi connectivity index (χ2v) is 5.65. The van der Waals surface area contributed by atoms with Crippen molar-refractivity contribution in [2.75, 3.05) is 13.1 Å². The van der Waals surface area contributed by atoms with Crippen LogP contribution in [0.2, 0.25) is 0 Å². The molecule has 8 heteroatoms. The van der Waals surface area contributed by atoms with Gasteiger partial charge in [-0.25, -0.2) is 0 Å². The van der Waals surface area contributed by atoms with Crippen molar-refractivity contribution in [3.63, 3.8) is 0 Å². The lowest BCUT2D eigenvalue weighted by atomic mass is 10.1. The highest BCUT2D eigenvalue weighted by Gasteiger charge is 2.32. The summed E-state index contributed by atoms with van der Waals surface area (Å²) in [4.78, 5) is 25.5. The van der Waals surface area contributed by atoms with Crippen molar-refractivity contribution in [3.8, 4) is 0 Å². The van der Waals surface area contributed by atoms with E-state index in [1.807, 2.05) is 6.92 Å². The van der Waals surface area contributed by atoms with Gasteiger partial charge in [0.1, 0.15) is 0 Å². The van der Waals surface area contributed by atoms with Gasteiger partial charge in [0.05, 0.1) is 12.1 Å². The second kappa shape index (κ2) is 6.57. The Labute approximate surface area is 131 Å². The summed E-state index contributed by atoms with van der Waals surface area (Å²) in [5.74, 6) is -1.02. The lowest BCUT2D eigenvalue weighted by Gasteiger charge is -2.21. The monoisotopic (exact) mass is 329 g/mol. The minimum Gasteiger partial charge on any atom is -0.343 e. The number of hydrogen-bond acceptors (Lipinski definition) is 3. The van der Waals surface area contributed by atoms with E-state index >= 15 is 0 Å². The lowest BCUT2D eigenvalue weighted by Crippen LogP contribution is -2.42. The van der Waals surface area contributed by atoms with Crippen LogP contribution in [0.25, 0.3) is 0 Å². The summed E-state index contributed by atoms with van der Waals surface area (Å²) in [5, 5.41) is 2.35. The van der Waals surface area contributed by atoms with Gasteiger partial charge in [-0.2, -0.15) is 13.2 Å². The van der Waals surface area contributed by atoms with Crippen LogP contribution in [0.4, 0.5) is 13.2 Å². The van der Waals surface area contributed by atoms with Gasteiger partial charge in [-0.1, -0.05) is 6.07 Å². The summed E-state index contributed by atoms with van der Waals surface area (Å²) in [6.45, 7) is 2.00. The van der Waals surface area contributed by atoms with Crippen molar-refractivity contribution in [3.05, 3.63) is 35.4 Å². The van der Waals surface area contributed by atoms with Gasteiger partial charge < -0.3 is 16.0 Å². The van der Waals surface area contributed by atoms with Crippen LogP contribution in [-0.4, -0.2) is 41.9 Å². The number of alkyl halides is 3. The third-order valence-electron chi connectivity index (χ3n) is 3.78. The lowest BCUT2D eigenvalue weighted by molar-refractivity contribution is -0.137. The molecule has 1 aliphatic rings. The van der Waals surface area contributed by atoms with Crippen molar-refractivity contribution < 1.29 is 22.8 Å². The molecule has 1 aromatic carbocycles. The van der Waals surface area contributed by atoms with Gasteiger partial charge in [-0.15, -0.1) is 0 Å². The van der Waals surface area contributed by atoms with Gasteiger partial charge in [0.25, 0.3) is 5.91 Å². The Morgan fingerprint density at radius 1 is 1.39 bits per heavy atom. The maximum atomic E-state index is 12.6. The summed E-state index contributed by atoms with van der Waals surface area (Å²) in [6.07, 6.45) is -3.83. The first-order chi connectivity index (χ1) is 10.7. The van der Waals surface area contributed by atoms with Crippen LogP contribution < -0.4 is 11.1 Å². The van der Waals surface area contributed by atoms with Crippen LogP contribution in [0.1, 0.15) is 29.3 Å². The molecule has 1 saturated heterocycles. The minimum absolute atomic E-state index is 0.0111. The number of hydrogen-bond donors (Lipinski definition) is 2. The number of nitrogens with one attached hydrogen (secondary N) is 1. The van der Waals surface area contributed by atoms with Gasteiger partial charge in [-0.3, -0.25) is 9.59 Å². The van der Waals surface area contributed by atoms with Crippen LogP contribution in [0.15, 0.2) is 24.3 Å². The largest absolute Gasteiger partial charge is 0.416 e. The summed E-state index contributed by atoms with van der Waals surface area (Å²) >= 11 is 0. The third-order valence-corrected chi connectivity index (χ3v) is 3.78. The number of nitrogens with zero attached hydrogens (tertiary/aromatic N) is 1. The SMILES string of the molecule is C[C@@H]1C[C@H](N)CN1C(=O)CNC(=O)c1cccc(C(F)(F)F)c1. The molecule has 1 aliphatic heterocycles.